The molecule has 0 spiro atoms. The van der Waals surface area contributed by atoms with Crippen molar-refractivity contribution in [2.45, 2.75) is 0 Å². The Labute approximate surface area is 276 Å². The van der Waals surface area contributed by atoms with Gasteiger partial charge in [0.1, 0.15) is 5.65 Å². The minimum atomic E-state index is 0.934. The van der Waals surface area contributed by atoms with Crippen molar-refractivity contribution in [3.05, 3.63) is 170 Å². The predicted molar refractivity (Wildman–Crippen MR) is 201 cm³/mol. The first-order valence-electron chi connectivity index (χ1n) is 16.3. The van der Waals surface area contributed by atoms with E-state index < -0.39 is 0 Å². The Kier molecular flexibility index (Phi) is 5.84. The van der Waals surface area contributed by atoms with Crippen LogP contribution in [-0.4, -0.2) is 14.4 Å². The Morgan fingerprint density at radius 2 is 1.10 bits per heavy atom. The summed E-state index contributed by atoms with van der Waals surface area (Å²) in [5.41, 5.74) is 11.7. The van der Waals surface area contributed by atoms with Crippen LogP contribution in [0.4, 0.5) is 17.1 Å². The van der Waals surface area contributed by atoms with Crippen LogP contribution in [0.25, 0.3) is 71.3 Å². The maximum Gasteiger partial charge on any atom is 0.147 e. The van der Waals surface area contributed by atoms with E-state index in [1.165, 1.54) is 10.8 Å². The molecule has 0 N–H and O–H groups in total. The normalized spacial score (nSPS) is 11.8. The summed E-state index contributed by atoms with van der Waals surface area (Å²) in [7, 11) is 0. The van der Waals surface area contributed by atoms with Crippen molar-refractivity contribution in [2.75, 3.05) is 4.90 Å². The molecule has 0 radical (unpaired) electrons. The molecule has 0 aliphatic carbocycles. The molecule has 4 heteroatoms. The summed E-state index contributed by atoms with van der Waals surface area (Å²) in [6, 6.07) is 60.3. The average Bonchev–Trinajstić information content (AvgIpc) is 3.55. The van der Waals surface area contributed by atoms with Gasteiger partial charge in [-0.1, -0.05) is 103 Å². The second-order valence-electron chi connectivity index (χ2n) is 12.3. The number of hydrogen-bond donors (Lipinski definition) is 0. The quantitative estimate of drug-likeness (QED) is 0.146. The van der Waals surface area contributed by atoms with Crippen molar-refractivity contribution >= 4 is 77.2 Å². The average molecular weight is 613 g/mol. The highest BCUT2D eigenvalue weighted by molar-refractivity contribution is 6.15. The number of pyridine rings is 2. The summed E-state index contributed by atoms with van der Waals surface area (Å²) in [5.74, 6) is 0. The van der Waals surface area contributed by atoms with Crippen molar-refractivity contribution in [3.63, 3.8) is 0 Å². The molecular weight excluding hydrogens is 585 g/mol. The molecule has 10 rings (SSSR count). The van der Waals surface area contributed by atoms with Crippen LogP contribution >= 0.6 is 0 Å². The maximum absolute atomic E-state index is 5.23. The van der Waals surface area contributed by atoms with E-state index in [0.717, 1.165) is 77.6 Å². The molecule has 4 nitrogen and oxygen atoms in total. The fourth-order valence-electron chi connectivity index (χ4n) is 7.25. The van der Waals surface area contributed by atoms with Gasteiger partial charge in [-0.05, 0) is 83.2 Å². The van der Waals surface area contributed by atoms with E-state index in [2.05, 4.69) is 173 Å². The van der Waals surface area contributed by atoms with Gasteiger partial charge in [-0.3, -0.25) is 4.40 Å². The standard InChI is InChI=1S/C44H28N4/c1-2-14-33(15-3-1)47(40-20-10-13-30-11-4-6-16-35(30)40)34-24-21-29(22-25-34)31-23-26-41-36(27-31)43-37(28-32-12-5-7-17-38(32)45-43)44-46-39-18-8-9-19-42(39)48(41)44/h1-28H. The highest BCUT2D eigenvalue weighted by atomic mass is 15.1. The molecule has 7 aromatic carbocycles. The van der Waals surface area contributed by atoms with Gasteiger partial charge in [-0.15, -0.1) is 0 Å². The van der Waals surface area contributed by atoms with Crippen LogP contribution in [0.3, 0.4) is 0 Å². The minimum absolute atomic E-state index is 0.934. The minimum Gasteiger partial charge on any atom is -0.310 e. The third-order valence-corrected chi connectivity index (χ3v) is 9.50. The Balaban J connectivity index is 1.16. The van der Waals surface area contributed by atoms with Crippen LogP contribution in [0.15, 0.2) is 170 Å². The highest BCUT2D eigenvalue weighted by Gasteiger charge is 2.18. The van der Waals surface area contributed by atoms with Crippen molar-refractivity contribution in [1.82, 2.24) is 14.4 Å². The van der Waals surface area contributed by atoms with E-state index in [-0.39, 0.29) is 0 Å². The molecule has 10 aromatic rings. The molecule has 3 aromatic heterocycles. The number of imidazole rings is 1. The van der Waals surface area contributed by atoms with Gasteiger partial charge in [-0.2, -0.15) is 0 Å². The summed E-state index contributed by atoms with van der Waals surface area (Å²) in [5, 5.41) is 5.71. The number of para-hydroxylation sites is 4. The largest absolute Gasteiger partial charge is 0.310 e. The Bertz CT molecular complexity index is 2830. The lowest BCUT2D eigenvalue weighted by Gasteiger charge is -2.27. The van der Waals surface area contributed by atoms with Crippen LogP contribution in [0.5, 0.6) is 0 Å². The first-order valence-corrected chi connectivity index (χ1v) is 16.3. The highest BCUT2D eigenvalue weighted by Crippen LogP contribution is 2.40. The second kappa shape index (κ2) is 10.5. The summed E-state index contributed by atoms with van der Waals surface area (Å²) in [6.45, 7) is 0. The molecule has 0 aliphatic heterocycles. The molecule has 0 atom stereocenters. The zero-order valence-electron chi connectivity index (χ0n) is 26.0. The topological polar surface area (TPSA) is 33.4 Å². The van der Waals surface area contributed by atoms with Gasteiger partial charge >= 0.3 is 0 Å². The molecule has 224 valence electrons. The summed E-state index contributed by atoms with van der Waals surface area (Å²) < 4.78 is 2.29. The lowest BCUT2D eigenvalue weighted by Crippen LogP contribution is -2.10. The van der Waals surface area contributed by atoms with Crippen LogP contribution in [0.1, 0.15) is 0 Å². The van der Waals surface area contributed by atoms with Gasteiger partial charge in [0.05, 0.1) is 33.3 Å². The first-order chi connectivity index (χ1) is 23.8. The third-order valence-electron chi connectivity index (χ3n) is 9.50. The zero-order valence-corrected chi connectivity index (χ0v) is 26.0. The molecular formula is C44H28N4. The van der Waals surface area contributed by atoms with E-state index >= 15 is 0 Å². The van der Waals surface area contributed by atoms with E-state index in [0.29, 0.717) is 0 Å². The van der Waals surface area contributed by atoms with Crippen molar-refractivity contribution in [2.24, 2.45) is 0 Å². The molecule has 0 aliphatic rings. The fraction of sp³-hybridized carbons (Fsp3) is 0. The van der Waals surface area contributed by atoms with Crippen LogP contribution in [-0.2, 0) is 0 Å². The molecule has 0 amide bonds. The van der Waals surface area contributed by atoms with Gasteiger partial charge in [-0.25, -0.2) is 9.97 Å². The number of rotatable bonds is 4. The monoisotopic (exact) mass is 612 g/mol. The Hall–Kier alpha value is -6.52. The summed E-state index contributed by atoms with van der Waals surface area (Å²) in [6.07, 6.45) is 0. The van der Waals surface area contributed by atoms with Gasteiger partial charge < -0.3 is 4.90 Å². The fourth-order valence-corrected chi connectivity index (χ4v) is 7.25. The van der Waals surface area contributed by atoms with Crippen molar-refractivity contribution in [3.8, 4) is 11.1 Å². The van der Waals surface area contributed by atoms with Gasteiger partial charge in [0, 0.05) is 32.9 Å². The van der Waals surface area contributed by atoms with Gasteiger partial charge in [0.15, 0.2) is 0 Å². The molecule has 3 heterocycles. The van der Waals surface area contributed by atoms with E-state index in [1.54, 1.807) is 0 Å². The maximum atomic E-state index is 5.23. The van der Waals surface area contributed by atoms with Crippen molar-refractivity contribution in [1.29, 1.82) is 0 Å². The Morgan fingerprint density at radius 3 is 1.98 bits per heavy atom. The smallest absolute Gasteiger partial charge is 0.147 e. The predicted octanol–water partition coefficient (Wildman–Crippen LogP) is 11.6. The molecule has 0 saturated heterocycles. The molecule has 0 fully saturated rings. The van der Waals surface area contributed by atoms with E-state index in [1.807, 2.05) is 6.07 Å². The second-order valence-corrected chi connectivity index (χ2v) is 12.3. The number of benzene rings is 7. The summed E-state index contributed by atoms with van der Waals surface area (Å²) in [4.78, 5) is 12.7. The number of hydrogen-bond acceptors (Lipinski definition) is 3. The SMILES string of the molecule is c1ccc(N(c2ccc(-c3ccc4c(c3)c3nc5ccccc5cc3c3nc5ccccc5n43)cc2)c2cccc3ccccc23)cc1. The first kappa shape index (κ1) is 26.7. The summed E-state index contributed by atoms with van der Waals surface area (Å²) >= 11 is 0. The molecule has 0 bridgehead atoms. The lowest BCUT2D eigenvalue weighted by atomic mass is 10.0. The van der Waals surface area contributed by atoms with E-state index in [9.17, 15) is 0 Å². The third kappa shape index (κ3) is 4.10. The van der Waals surface area contributed by atoms with Gasteiger partial charge in [0.25, 0.3) is 0 Å². The number of nitrogens with zero attached hydrogens (tertiary/aromatic N) is 4. The number of fused-ring (bicyclic) bond motifs is 10. The zero-order chi connectivity index (χ0) is 31.6. The van der Waals surface area contributed by atoms with Crippen LogP contribution < -0.4 is 4.90 Å². The van der Waals surface area contributed by atoms with Crippen LogP contribution in [0, 0.1) is 0 Å². The molecule has 0 unspecified atom stereocenters. The van der Waals surface area contributed by atoms with Crippen molar-refractivity contribution < 1.29 is 0 Å². The van der Waals surface area contributed by atoms with Gasteiger partial charge in [0.2, 0.25) is 0 Å². The van der Waals surface area contributed by atoms with E-state index in [4.69, 9.17) is 9.97 Å². The molecule has 0 saturated carbocycles. The number of anilines is 3. The van der Waals surface area contributed by atoms with Crippen LogP contribution in [0.2, 0.25) is 0 Å². The lowest BCUT2D eigenvalue weighted by molar-refractivity contribution is 1.30. The molecule has 48 heavy (non-hydrogen) atoms. The number of aromatic nitrogens is 3. The Morgan fingerprint density at radius 1 is 0.417 bits per heavy atom.